The first-order valence-electron chi connectivity index (χ1n) is 6.71. The summed E-state index contributed by atoms with van der Waals surface area (Å²) in [5, 5.41) is 8.43. The molecule has 0 saturated heterocycles. The van der Waals surface area contributed by atoms with E-state index in [4.69, 9.17) is 14.6 Å². The van der Waals surface area contributed by atoms with Crippen molar-refractivity contribution in [3.05, 3.63) is 23.9 Å². The number of anilines is 2. The van der Waals surface area contributed by atoms with Crippen molar-refractivity contribution in [3.63, 3.8) is 0 Å². The van der Waals surface area contributed by atoms with Crippen LogP contribution in [-0.2, 0) is 5.75 Å². The highest BCUT2D eigenvalue weighted by Gasteiger charge is 2.14. The molecule has 3 heterocycles. The van der Waals surface area contributed by atoms with Crippen LogP contribution in [0, 0.1) is 6.92 Å². The van der Waals surface area contributed by atoms with Crippen LogP contribution in [0.4, 0.5) is 11.9 Å². The van der Waals surface area contributed by atoms with E-state index in [1.54, 1.807) is 17.2 Å². The summed E-state index contributed by atoms with van der Waals surface area (Å²) in [5.74, 6) is 2.83. The highest BCUT2D eigenvalue weighted by atomic mass is 32.2. The van der Waals surface area contributed by atoms with Gasteiger partial charge in [-0.1, -0.05) is 11.8 Å². The summed E-state index contributed by atoms with van der Waals surface area (Å²) < 4.78 is 10.8. The van der Waals surface area contributed by atoms with Gasteiger partial charge in [0.1, 0.15) is 11.6 Å². The summed E-state index contributed by atoms with van der Waals surface area (Å²) >= 11 is 1.33. The second-order valence-corrected chi connectivity index (χ2v) is 5.78. The van der Waals surface area contributed by atoms with Gasteiger partial charge in [0.15, 0.2) is 0 Å². The molecule has 3 aromatic rings. The number of nitrogens with zero attached hydrogens (tertiary/aromatic N) is 6. The molecule has 0 bridgehead atoms. The van der Waals surface area contributed by atoms with Gasteiger partial charge in [-0.25, -0.2) is 0 Å². The van der Waals surface area contributed by atoms with Crippen molar-refractivity contribution in [1.29, 1.82) is 0 Å². The van der Waals surface area contributed by atoms with Crippen LogP contribution in [0.15, 0.2) is 26.4 Å². The Morgan fingerprint density at radius 1 is 1.22 bits per heavy atom. The summed E-state index contributed by atoms with van der Waals surface area (Å²) in [6.45, 7) is 1.84. The summed E-state index contributed by atoms with van der Waals surface area (Å²) in [5.41, 5.74) is 6.47. The second kappa shape index (κ2) is 6.24. The first-order chi connectivity index (χ1) is 11.0. The fraction of sp³-hybridized carbons (Fsp3) is 0.308. The molecule has 3 aromatic heterocycles. The lowest BCUT2D eigenvalue weighted by Crippen LogP contribution is -2.15. The molecule has 120 valence electrons. The lowest BCUT2D eigenvalue weighted by molar-refractivity contribution is 0.463. The maximum absolute atomic E-state index is 5.69. The van der Waals surface area contributed by atoms with Crippen molar-refractivity contribution >= 4 is 23.7 Å². The molecule has 0 saturated carbocycles. The van der Waals surface area contributed by atoms with Gasteiger partial charge in [-0.2, -0.15) is 15.0 Å². The standard InChI is InChI=1S/C13H15N7O2S/c1-7-8(4-5-21-7)10-18-19-13(22-10)23-6-9-15-11(14)17-12(16-9)20(2)3/h4-5H,6H2,1-3H3,(H2,14,15,16,17). The quantitative estimate of drug-likeness (QED) is 0.691. The minimum Gasteiger partial charge on any atom is -0.469 e. The molecule has 0 unspecified atom stereocenters. The van der Waals surface area contributed by atoms with Crippen molar-refractivity contribution in [1.82, 2.24) is 25.1 Å². The maximum atomic E-state index is 5.69. The summed E-state index contributed by atoms with van der Waals surface area (Å²) in [7, 11) is 3.67. The van der Waals surface area contributed by atoms with E-state index in [-0.39, 0.29) is 5.95 Å². The van der Waals surface area contributed by atoms with E-state index in [1.807, 2.05) is 21.0 Å². The zero-order valence-corrected chi connectivity index (χ0v) is 13.7. The van der Waals surface area contributed by atoms with Crippen LogP contribution in [-0.4, -0.2) is 39.2 Å². The van der Waals surface area contributed by atoms with Gasteiger partial charge >= 0.3 is 0 Å². The zero-order chi connectivity index (χ0) is 16.4. The van der Waals surface area contributed by atoms with E-state index in [0.29, 0.717) is 28.6 Å². The third-order valence-corrected chi connectivity index (χ3v) is 3.72. The van der Waals surface area contributed by atoms with Gasteiger partial charge in [-0.15, -0.1) is 10.2 Å². The van der Waals surface area contributed by atoms with Crippen molar-refractivity contribution in [2.75, 3.05) is 24.7 Å². The van der Waals surface area contributed by atoms with Crippen LogP contribution >= 0.6 is 11.8 Å². The average molecular weight is 333 g/mol. The predicted octanol–water partition coefficient (Wildman–Crippen LogP) is 1.76. The number of nitrogens with two attached hydrogens (primary N) is 1. The van der Waals surface area contributed by atoms with E-state index in [9.17, 15) is 0 Å². The summed E-state index contributed by atoms with van der Waals surface area (Å²) in [6, 6.07) is 1.79. The summed E-state index contributed by atoms with van der Waals surface area (Å²) in [4.78, 5) is 14.2. The molecule has 3 rings (SSSR count). The topological polar surface area (TPSA) is 120 Å². The second-order valence-electron chi connectivity index (χ2n) is 4.86. The van der Waals surface area contributed by atoms with E-state index in [1.165, 1.54) is 11.8 Å². The number of nitrogen functional groups attached to an aromatic ring is 1. The van der Waals surface area contributed by atoms with Gasteiger partial charge < -0.3 is 19.5 Å². The van der Waals surface area contributed by atoms with Crippen LogP contribution < -0.4 is 10.6 Å². The Balaban J connectivity index is 1.72. The molecule has 9 nitrogen and oxygen atoms in total. The number of hydrogen-bond donors (Lipinski definition) is 1. The molecule has 0 aliphatic carbocycles. The third kappa shape index (κ3) is 3.42. The molecular weight excluding hydrogens is 318 g/mol. The number of rotatable bonds is 5. The SMILES string of the molecule is Cc1occc1-c1nnc(SCc2nc(N)nc(N(C)C)n2)o1. The normalized spacial score (nSPS) is 10.9. The number of hydrogen-bond acceptors (Lipinski definition) is 10. The number of aryl methyl sites for hydroxylation is 1. The van der Waals surface area contributed by atoms with Crippen LogP contribution in [0.5, 0.6) is 0 Å². The molecule has 0 radical (unpaired) electrons. The van der Waals surface area contributed by atoms with Gasteiger partial charge in [-0.05, 0) is 13.0 Å². The molecule has 0 aromatic carbocycles. The van der Waals surface area contributed by atoms with Gasteiger partial charge in [0.05, 0.1) is 17.6 Å². The fourth-order valence-electron chi connectivity index (χ4n) is 1.80. The van der Waals surface area contributed by atoms with Gasteiger partial charge in [-0.3, -0.25) is 0 Å². The zero-order valence-electron chi connectivity index (χ0n) is 12.8. The Labute approximate surface area is 136 Å². The summed E-state index contributed by atoms with van der Waals surface area (Å²) in [6.07, 6.45) is 1.58. The molecule has 0 spiro atoms. The maximum Gasteiger partial charge on any atom is 0.277 e. The van der Waals surface area contributed by atoms with Gasteiger partial charge in [0.25, 0.3) is 11.1 Å². The minimum atomic E-state index is 0.180. The molecule has 23 heavy (non-hydrogen) atoms. The lowest BCUT2D eigenvalue weighted by atomic mass is 10.3. The van der Waals surface area contributed by atoms with Gasteiger partial charge in [0.2, 0.25) is 11.9 Å². The Hall–Kier alpha value is -2.62. The Kier molecular flexibility index (Phi) is 4.15. The van der Waals surface area contributed by atoms with E-state index in [0.717, 1.165) is 11.3 Å². The predicted molar refractivity (Wildman–Crippen MR) is 84.9 cm³/mol. The highest BCUT2D eigenvalue weighted by Crippen LogP contribution is 2.27. The first-order valence-corrected chi connectivity index (χ1v) is 7.70. The molecule has 0 amide bonds. The Morgan fingerprint density at radius 3 is 2.74 bits per heavy atom. The molecule has 0 aliphatic heterocycles. The first kappa shape index (κ1) is 15.3. The van der Waals surface area contributed by atoms with E-state index in [2.05, 4.69) is 25.1 Å². The molecule has 0 fully saturated rings. The van der Waals surface area contributed by atoms with Crippen molar-refractivity contribution < 1.29 is 8.83 Å². The van der Waals surface area contributed by atoms with E-state index < -0.39 is 0 Å². The highest BCUT2D eigenvalue weighted by molar-refractivity contribution is 7.98. The van der Waals surface area contributed by atoms with Crippen molar-refractivity contribution in [3.8, 4) is 11.5 Å². The lowest BCUT2D eigenvalue weighted by Gasteiger charge is -2.10. The monoisotopic (exact) mass is 333 g/mol. The molecular formula is C13H15N7O2S. The van der Waals surface area contributed by atoms with Crippen LogP contribution in [0.25, 0.3) is 11.5 Å². The van der Waals surface area contributed by atoms with Crippen molar-refractivity contribution in [2.24, 2.45) is 0 Å². The Morgan fingerprint density at radius 2 is 2.04 bits per heavy atom. The fourth-order valence-corrected chi connectivity index (χ4v) is 2.42. The average Bonchev–Trinajstić information content (AvgIpc) is 3.13. The molecule has 2 N–H and O–H groups in total. The Bertz CT molecular complexity index is 814. The smallest absolute Gasteiger partial charge is 0.277 e. The minimum absolute atomic E-state index is 0.180. The van der Waals surface area contributed by atoms with E-state index >= 15 is 0 Å². The number of thioether (sulfide) groups is 1. The molecule has 10 heteroatoms. The number of furan rings is 1. The van der Waals surface area contributed by atoms with Crippen molar-refractivity contribution in [2.45, 2.75) is 17.9 Å². The van der Waals surface area contributed by atoms with Crippen LogP contribution in [0.3, 0.4) is 0 Å². The molecule has 0 atom stereocenters. The van der Waals surface area contributed by atoms with Crippen LogP contribution in [0.2, 0.25) is 0 Å². The van der Waals surface area contributed by atoms with Gasteiger partial charge in [0, 0.05) is 14.1 Å². The molecule has 0 aliphatic rings. The third-order valence-electron chi connectivity index (χ3n) is 2.91. The van der Waals surface area contributed by atoms with Crippen LogP contribution in [0.1, 0.15) is 11.6 Å². The number of aromatic nitrogens is 5. The largest absolute Gasteiger partial charge is 0.469 e.